The molecule has 1 aliphatic heterocycles. The number of benzene rings is 1. The number of carbonyl (C=O) groups excluding carboxylic acids is 2. The van der Waals surface area contributed by atoms with Crippen molar-refractivity contribution in [1.82, 2.24) is 10.2 Å². The number of nitrogens with one attached hydrogen (secondary N) is 1. The topological polar surface area (TPSA) is 58.6 Å². The van der Waals surface area contributed by atoms with Crippen LogP contribution in [0.5, 0.6) is 0 Å². The molecule has 1 aliphatic carbocycles. The highest BCUT2D eigenvalue weighted by Crippen LogP contribution is 2.40. The molecular formula is C21H26ClF3N2O3. The van der Waals surface area contributed by atoms with E-state index in [1.54, 1.807) is 36.1 Å². The van der Waals surface area contributed by atoms with Crippen molar-refractivity contribution in [3.8, 4) is 0 Å². The number of hydrogen-bond donors (Lipinski definition) is 1. The average Bonchev–Trinajstić information content (AvgIpc) is 3.06. The van der Waals surface area contributed by atoms with E-state index in [-0.39, 0.29) is 30.4 Å². The summed E-state index contributed by atoms with van der Waals surface area (Å²) in [6.07, 6.45) is -0.0000908. The van der Waals surface area contributed by atoms with E-state index in [0.29, 0.717) is 17.0 Å². The Morgan fingerprint density at radius 1 is 1.30 bits per heavy atom. The van der Waals surface area contributed by atoms with Gasteiger partial charge in [-0.1, -0.05) is 30.5 Å². The summed E-state index contributed by atoms with van der Waals surface area (Å²) in [4.78, 5) is 27.9. The maximum atomic E-state index is 13.3. The first kappa shape index (κ1) is 22.9. The van der Waals surface area contributed by atoms with Crippen LogP contribution in [-0.4, -0.2) is 54.2 Å². The number of halogens is 4. The molecule has 5 nitrogen and oxygen atoms in total. The monoisotopic (exact) mass is 446 g/mol. The number of likely N-dealkylation sites (tertiary alicyclic amines) is 1. The summed E-state index contributed by atoms with van der Waals surface area (Å²) in [6.45, 7) is -0.0351. The molecule has 1 aromatic carbocycles. The van der Waals surface area contributed by atoms with Gasteiger partial charge in [-0.2, -0.15) is 13.2 Å². The molecule has 2 amide bonds. The lowest BCUT2D eigenvalue weighted by molar-refractivity contribution is -0.175. The first-order valence-corrected chi connectivity index (χ1v) is 10.6. The van der Waals surface area contributed by atoms with Gasteiger partial charge in [0.15, 0.2) is 0 Å². The number of ether oxygens (including phenoxy) is 1. The Morgan fingerprint density at radius 3 is 2.73 bits per heavy atom. The maximum Gasteiger partial charge on any atom is 0.411 e. The van der Waals surface area contributed by atoms with Gasteiger partial charge < -0.3 is 15.0 Å². The zero-order valence-corrected chi connectivity index (χ0v) is 17.5. The van der Waals surface area contributed by atoms with E-state index in [1.807, 2.05) is 0 Å². The number of alkyl halides is 3. The van der Waals surface area contributed by atoms with Gasteiger partial charge in [-0.05, 0) is 50.3 Å². The maximum absolute atomic E-state index is 13.3. The molecule has 2 aliphatic rings. The van der Waals surface area contributed by atoms with E-state index < -0.39 is 24.9 Å². The van der Waals surface area contributed by atoms with Gasteiger partial charge in [0.1, 0.15) is 12.6 Å². The van der Waals surface area contributed by atoms with Crippen LogP contribution in [0, 0.1) is 5.92 Å². The molecule has 0 bridgehead atoms. The summed E-state index contributed by atoms with van der Waals surface area (Å²) >= 11 is 6.04. The molecule has 1 aromatic rings. The Morgan fingerprint density at radius 2 is 2.03 bits per heavy atom. The van der Waals surface area contributed by atoms with Crippen molar-refractivity contribution < 1.29 is 27.5 Å². The van der Waals surface area contributed by atoms with Gasteiger partial charge in [-0.25, -0.2) is 0 Å². The molecular weight excluding hydrogens is 421 g/mol. The minimum absolute atomic E-state index is 0.0160. The standard InChI is InChI=1S/C21H26ClF3N2O3/c1-13(11-30-12-21(23,24)25)26-19(28)18-10-14-5-2-3-8-17(14)27(18)20(29)15-6-4-7-16(22)9-15/h4,6-7,9,13-14,17-18H,2-3,5,8,10-12H2,1H3,(H,26,28). The van der Waals surface area contributed by atoms with Crippen molar-refractivity contribution in [3.63, 3.8) is 0 Å². The molecule has 0 radical (unpaired) electrons. The average molecular weight is 447 g/mol. The van der Waals surface area contributed by atoms with E-state index in [1.165, 1.54) is 0 Å². The van der Waals surface area contributed by atoms with Gasteiger partial charge in [0.05, 0.1) is 6.61 Å². The van der Waals surface area contributed by atoms with Crippen LogP contribution < -0.4 is 5.32 Å². The number of rotatable bonds is 6. The third kappa shape index (κ3) is 5.66. The Kier molecular flexibility index (Phi) is 7.29. The van der Waals surface area contributed by atoms with Gasteiger partial charge in [0, 0.05) is 22.7 Å². The zero-order chi connectivity index (χ0) is 21.9. The van der Waals surface area contributed by atoms with E-state index in [9.17, 15) is 22.8 Å². The van der Waals surface area contributed by atoms with Crippen molar-refractivity contribution in [2.24, 2.45) is 5.92 Å². The molecule has 9 heteroatoms. The number of hydrogen-bond acceptors (Lipinski definition) is 3. The first-order valence-electron chi connectivity index (χ1n) is 10.2. The number of amides is 2. The van der Waals surface area contributed by atoms with Crippen LogP contribution in [0.25, 0.3) is 0 Å². The Hall–Kier alpha value is -1.80. The summed E-state index contributed by atoms with van der Waals surface area (Å²) in [6, 6.07) is 5.35. The van der Waals surface area contributed by atoms with Gasteiger partial charge in [-0.15, -0.1) is 0 Å². The van der Waals surface area contributed by atoms with E-state index in [2.05, 4.69) is 10.1 Å². The largest absolute Gasteiger partial charge is 0.411 e. The molecule has 1 saturated heterocycles. The fourth-order valence-electron chi connectivity index (χ4n) is 4.49. The lowest BCUT2D eigenvalue weighted by atomic mass is 9.84. The fourth-order valence-corrected chi connectivity index (χ4v) is 4.68. The van der Waals surface area contributed by atoms with Crippen LogP contribution in [0.4, 0.5) is 13.2 Å². The summed E-state index contributed by atoms with van der Waals surface area (Å²) in [5.74, 6) is -0.356. The molecule has 2 fully saturated rings. The summed E-state index contributed by atoms with van der Waals surface area (Å²) < 4.78 is 41.4. The normalized spacial score (nSPS) is 25.0. The van der Waals surface area contributed by atoms with Crippen molar-refractivity contribution in [2.75, 3.05) is 13.2 Å². The van der Waals surface area contributed by atoms with Gasteiger partial charge >= 0.3 is 6.18 Å². The Labute approximate surface area is 178 Å². The molecule has 1 saturated carbocycles. The van der Waals surface area contributed by atoms with Gasteiger partial charge in [0.25, 0.3) is 5.91 Å². The summed E-state index contributed by atoms with van der Waals surface area (Å²) in [7, 11) is 0. The van der Waals surface area contributed by atoms with Crippen LogP contribution in [-0.2, 0) is 9.53 Å². The van der Waals surface area contributed by atoms with Crippen LogP contribution in [0.1, 0.15) is 49.4 Å². The quantitative estimate of drug-likeness (QED) is 0.712. The zero-order valence-electron chi connectivity index (χ0n) is 16.8. The van der Waals surface area contributed by atoms with Gasteiger partial charge in [-0.3, -0.25) is 9.59 Å². The SMILES string of the molecule is CC(COCC(F)(F)F)NC(=O)C1CC2CCCCC2N1C(=O)c1cccc(Cl)c1. The van der Waals surface area contributed by atoms with Crippen LogP contribution in [0.15, 0.2) is 24.3 Å². The molecule has 4 atom stereocenters. The molecule has 0 spiro atoms. The number of carbonyl (C=O) groups is 2. The predicted molar refractivity (Wildman–Crippen MR) is 106 cm³/mol. The van der Waals surface area contributed by atoms with Crippen LogP contribution >= 0.6 is 11.6 Å². The molecule has 30 heavy (non-hydrogen) atoms. The molecule has 0 aromatic heterocycles. The minimum atomic E-state index is -4.41. The molecule has 4 unspecified atom stereocenters. The molecule has 1 N–H and O–H groups in total. The molecule has 3 rings (SSSR count). The van der Waals surface area contributed by atoms with E-state index >= 15 is 0 Å². The van der Waals surface area contributed by atoms with Crippen molar-refractivity contribution in [3.05, 3.63) is 34.9 Å². The van der Waals surface area contributed by atoms with Crippen LogP contribution in [0.3, 0.4) is 0 Å². The first-order chi connectivity index (χ1) is 14.2. The summed E-state index contributed by atoms with van der Waals surface area (Å²) in [5, 5.41) is 3.16. The highest BCUT2D eigenvalue weighted by Gasteiger charge is 2.47. The number of fused-ring (bicyclic) bond motifs is 1. The van der Waals surface area contributed by atoms with E-state index in [4.69, 9.17) is 11.6 Å². The summed E-state index contributed by atoms with van der Waals surface area (Å²) in [5.41, 5.74) is 0.424. The second kappa shape index (κ2) is 9.56. The highest BCUT2D eigenvalue weighted by molar-refractivity contribution is 6.31. The predicted octanol–water partition coefficient (Wildman–Crippen LogP) is 4.20. The third-order valence-corrected chi connectivity index (χ3v) is 5.95. The van der Waals surface area contributed by atoms with Crippen molar-refractivity contribution in [2.45, 2.75) is 63.3 Å². The molecule has 1 heterocycles. The third-order valence-electron chi connectivity index (χ3n) is 5.72. The molecule has 166 valence electrons. The van der Waals surface area contributed by atoms with Gasteiger partial charge in [0.2, 0.25) is 5.91 Å². The second-order valence-electron chi connectivity index (χ2n) is 8.13. The number of nitrogens with zero attached hydrogens (tertiary/aromatic N) is 1. The van der Waals surface area contributed by atoms with Crippen molar-refractivity contribution >= 4 is 23.4 Å². The lowest BCUT2D eigenvalue weighted by Crippen LogP contribution is -2.51. The second-order valence-corrected chi connectivity index (χ2v) is 8.56. The van der Waals surface area contributed by atoms with Crippen molar-refractivity contribution in [1.29, 1.82) is 0 Å². The fraction of sp³-hybridized carbons (Fsp3) is 0.619. The Bertz CT molecular complexity index is 774. The van der Waals surface area contributed by atoms with Crippen LogP contribution in [0.2, 0.25) is 5.02 Å². The highest BCUT2D eigenvalue weighted by atomic mass is 35.5. The lowest BCUT2D eigenvalue weighted by Gasteiger charge is -2.34. The smallest absolute Gasteiger partial charge is 0.370 e. The minimum Gasteiger partial charge on any atom is -0.370 e. The Balaban J connectivity index is 1.71. The van der Waals surface area contributed by atoms with E-state index in [0.717, 1.165) is 25.7 Å².